The Kier molecular flexibility index (Phi) is 4.02. The van der Waals surface area contributed by atoms with Crippen LogP contribution in [-0.2, 0) is 9.59 Å². The van der Waals surface area contributed by atoms with Crippen molar-refractivity contribution in [2.24, 2.45) is 0 Å². The first-order chi connectivity index (χ1) is 7.52. The summed E-state index contributed by atoms with van der Waals surface area (Å²) in [6.07, 6.45) is 0. The van der Waals surface area contributed by atoms with Crippen LogP contribution in [0.4, 0.5) is 0 Å². The monoisotopic (exact) mass is 223 g/mol. The van der Waals surface area contributed by atoms with Gasteiger partial charge >= 0.3 is 5.97 Å². The largest absolute Gasteiger partial charge is 0.480 e. The fourth-order valence-electron chi connectivity index (χ4n) is 1.21. The van der Waals surface area contributed by atoms with Gasteiger partial charge in [0.25, 0.3) is 5.91 Å². The van der Waals surface area contributed by atoms with E-state index in [4.69, 9.17) is 5.11 Å². The van der Waals surface area contributed by atoms with E-state index in [0.29, 0.717) is 0 Å². The van der Waals surface area contributed by atoms with Gasteiger partial charge in [-0.2, -0.15) is 0 Å². The SMILES string of the molecule is C[C@H](NC(=O)[C@H]([NH3+])c1ccccc1)C(=O)O. The van der Waals surface area contributed by atoms with Gasteiger partial charge in [-0.1, -0.05) is 30.3 Å². The van der Waals surface area contributed by atoms with Crippen LogP contribution in [0.15, 0.2) is 30.3 Å². The summed E-state index contributed by atoms with van der Waals surface area (Å²) in [6, 6.07) is 7.52. The first-order valence-electron chi connectivity index (χ1n) is 4.93. The number of benzene rings is 1. The van der Waals surface area contributed by atoms with Gasteiger partial charge in [-0.3, -0.25) is 9.59 Å². The Hall–Kier alpha value is -1.88. The molecule has 0 radical (unpaired) electrons. The lowest BCUT2D eigenvalue weighted by atomic mass is 10.1. The van der Waals surface area contributed by atoms with E-state index in [2.05, 4.69) is 11.1 Å². The van der Waals surface area contributed by atoms with Crippen molar-refractivity contribution in [1.29, 1.82) is 0 Å². The summed E-state index contributed by atoms with van der Waals surface area (Å²) in [7, 11) is 0. The molecule has 1 rings (SSSR count). The molecule has 0 bridgehead atoms. The molecule has 0 unspecified atom stereocenters. The van der Waals surface area contributed by atoms with E-state index < -0.39 is 18.1 Å². The van der Waals surface area contributed by atoms with E-state index in [9.17, 15) is 9.59 Å². The maximum atomic E-state index is 11.6. The van der Waals surface area contributed by atoms with E-state index >= 15 is 0 Å². The highest BCUT2D eigenvalue weighted by molar-refractivity contribution is 5.86. The van der Waals surface area contributed by atoms with Crippen LogP contribution in [0.25, 0.3) is 0 Å². The molecule has 5 heteroatoms. The Morgan fingerprint density at radius 1 is 1.31 bits per heavy atom. The molecule has 0 fully saturated rings. The van der Waals surface area contributed by atoms with Gasteiger partial charge in [-0.25, -0.2) is 0 Å². The van der Waals surface area contributed by atoms with Crippen molar-refractivity contribution in [2.75, 3.05) is 0 Å². The number of quaternary nitrogens is 1. The quantitative estimate of drug-likeness (QED) is 0.645. The van der Waals surface area contributed by atoms with Crippen LogP contribution in [-0.4, -0.2) is 23.0 Å². The summed E-state index contributed by atoms with van der Waals surface area (Å²) in [5.74, 6) is -1.45. The zero-order valence-electron chi connectivity index (χ0n) is 9.01. The van der Waals surface area contributed by atoms with E-state index in [1.807, 2.05) is 6.07 Å². The number of carboxylic acids is 1. The van der Waals surface area contributed by atoms with Gasteiger partial charge in [-0.15, -0.1) is 0 Å². The predicted molar refractivity (Wildman–Crippen MR) is 57.3 cm³/mol. The molecule has 1 aromatic rings. The molecule has 0 aliphatic rings. The van der Waals surface area contributed by atoms with E-state index in [1.54, 1.807) is 24.3 Å². The average molecular weight is 223 g/mol. The molecular formula is C11H15N2O3+. The standard InChI is InChI=1S/C11H14N2O3/c1-7(11(15)16)13-10(14)9(12)8-5-3-2-4-6-8/h2-7,9H,12H2,1H3,(H,13,14)(H,15,16)/p+1/t7-,9+/m0/s1. The molecule has 0 saturated carbocycles. The van der Waals surface area contributed by atoms with Crippen molar-refractivity contribution in [1.82, 2.24) is 5.32 Å². The number of aliphatic carboxylic acids is 1. The minimum Gasteiger partial charge on any atom is -0.480 e. The molecule has 0 aliphatic heterocycles. The number of amides is 1. The molecule has 0 aliphatic carbocycles. The maximum Gasteiger partial charge on any atom is 0.325 e. The molecule has 0 aromatic heterocycles. The predicted octanol–water partition coefficient (Wildman–Crippen LogP) is -0.441. The zero-order chi connectivity index (χ0) is 12.1. The highest BCUT2D eigenvalue weighted by Gasteiger charge is 2.23. The van der Waals surface area contributed by atoms with Crippen LogP contribution in [0.2, 0.25) is 0 Å². The molecule has 5 N–H and O–H groups in total. The normalized spacial score (nSPS) is 13.9. The number of carboxylic acid groups (broad SMARTS) is 1. The van der Waals surface area contributed by atoms with E-state index in [1.165, 1.54) is 6.92 Å². The van der Waals surface area contributed by atoms with Crippen LogP contribution < -0.4 is 11.1 Å². The Labute approximate surface area is 93.3 Å². The van der Waals surface area contributed by atoms with E-state index in [-0.39, 0.29) is 5.91 Å². The van der Waals surface area contributed by atoms with Gasteiger partial charge < -0.3 is 16.2 Å². The van der Waals surface area contributed by atoms with Crippen LogP contribution >= 0.6 is 0 Å². The molecule has 1 amide bonds. The average Bonchev–Trinajstić information content (AvgIpc) is 2.28. The van der Waals surface area contributed by atoms with Gasteiger partial charge in [-0.05, 0) is 6.92 Å². The molecule has 0 saturated heterocycles. The van der Waals surface area contributed by atoms with Crippen LogP contribution in [0, 0.1) is 0 Å². The highest BCUT2D eigenvalue weighted by Crippen LogP contribution is 2.07. The van der Waals surface area contributed by atoms with Crippen LogP contribution in [0.3, 0.4) is 0 Å². The van der Waals surface area contributed by atoms with Gasteiger partial charge in [0, 0.05) is 5.56 Å². The molecule has 1 aromatic carbocycles. The number of carbonyl (C=O) groups is 2. The Balaban J connectivity index is 2.65. The van der Waals surface area contributed by atoms with Crippen molar-refractivity contribution >= 4 is 11.9 Å². The first-order valence-corrected chi connectivity index (χ1v) is 4.93. The van der Waals surface area contributed by atoms with E-state index in [0.717, 1.165) is 5.56 Å². The van der Waals surface area contributed by atoms with Gasteiger partial charge in [0.2, 0.25) is 0 Å². The minimum atomic E-state index is -1.06. The third kappa shape index (κ3) is 3.06. The number of hydrogen-bond acceptors (Lipinski definition) is 2. The third-order valence-electron chi connectivity index (χ3n) is 2.25. The second kappa shape index (κ2) is 5.27. The lowest BCUT2D eigenvalue weighted by molar-refractivity contribution is -0.409. The number of carbonyl (C=O) groups excluding carboxylic acids is 1. The number of nitrogens with one attached hydrogen (secondary N) is 1. The molecule has 86 valence electrons. The maximum absolute atomic E-state index is 11.6. The van der Waals surface area contributed by atoms with Crippen LogP contribution in [0.5, 0.6) is 0 Å². The molecule has 5 nitrogen and oxygen atoms in total. The third-order valence-corrected chi connectivity index (χ3v) is 2.25. The summed E-state index contributed by atoms with van der Waals surface area (Å²) >= 11 is 0. The Bertz CT molecular complexity index is 378. The second-order valence-corrected chi connectivity index (χ2v) is 3.53. The smallest absolute Gasteiger partial charge is 0.325 e. The van der Waals surface area contributed by atoms with Crippen molar-refractivity contribution in [3.8, 4) is 0 Å². The molecule has 0 spiro atoms. The molecule has 0 heterocycles. The van der Waals surface area contributed by atoms with Crippen molar-refractivity contribution < 1.29 is 20.4 Å². The Morgan fingerprint density at radius 3 is 2.38 bits per heavy atom. The molecule has 2 atom stereocenters. The van der Waals surface area contributed by atoms with Gasteiger partial charge in [0.15, 0.2) is 6.04 Å². The molecular weight excluding hydrogens is 208 g/mol. The fourth-order valence-corrected chi connectivity index (χ4v) is 1.21. The summed E-state index contributed by atoms with van der Waals surface area (Å²) in [6.45, 7) is 1.41. The second-order valence-electron chi connectivity index (χ2n) is 3.53. The van der Waals surface area contributed by atoms with Crippen molar-refractivity contribution in [3.63, 3.8) is 0 Å². The number of rotatable bonds is 4. The zero-order valence-corrected chi connectivity index (χ0v) is 9.01. The minimum absolute atomic E-state index is 0.388. The summed E-state index contributed by atoms with van der Waals surface area (Å²) in [5.41, 5.74) is 4.48. The van der Waals surface area contributed by atoms with Crippen molar-refractivity contribution in [3.05, 3.63) is 35.9 Å². The lowest BCUT2D eigenvalue weighted by Gasteiger charge is -2.12. The lowest BCUT2D eigenvalue weighted by Crippen LogP contribution is -2.61. The van der Waals surface area contributed by atoms with Crippen LogP contribution in [0.1, 0.15) is 18.5 Å². The molecule has 16 heavy (non-hydrogen) atoms. The topological polar surface area (TPSA) is 94.0 Å². The fraction of sp³-hybridized carbons (Fsp3) is 0.273. The number of hydrogen-bond donors (Lipinski definition) is 3. The Morgan fingerprint density at radius 2 is 1.88 bits per heavy atom. The van der Waals surface area contributed by atoms with Gasteiger partial charge in [0.05, 0.1) is 0 Å². The highest BCUT2D eigenvalue weighted by atomic mass is 16.4. The summed E-state index contributed by atoms with van der Waals surface area (Å²) in [5, 5.41) is 11.0. The van der Waals surface area contributed by atoms with Gasteiger partial charge in [0.1, 0.15) is 6.04 Å². The van der Waals surface area contributed by atoms with Crippen molar-refractivity contribution in [2.45, 2.75) is 19.0 Å². The first kappa shape index (κ1) is 12.2. The summed E-state index contributed by atoms with van der Waals surface area (Å²) in [4.78, 5) is 22.2. The summed E-state index contributed by atoms with van der Waals surface area (Å²) < 4.78 is 0.